The van der Waals surface area contributed by atoms with E-state index < -0.39 is 6.04 Å². The molecule has 0 aliphatic carbocycles. The van der Waals surface area contributed by atoms with E-state index in [1.54, 1.807) is 16.9 Å². The molecule has 5 heteroatoms. The topological polar surface area (TPSA) is 51.1 Å². The number of hydrogen-bond acceptors (Lipinski definition) is 3. The number of nitrogens with zero attached hydrogens (tertiary/aromatic N) is 1. The maximum absolute atomic E-state index is 12.4. The van der Waals surface area contributed by atoms with E-state index in [-0.39, 0.29) is 11.5 Å². The van der Waals surface area contributed by atoms with Gasteiger partial charge in [-0.2, -0.15) is 0 Å². The van der Waals surface area contributed by atoms with Crippen LogP contribution in [0, 0.1) is 0 Å². The third-order valence-corrected chi connectivity index (χ3v) is 5.26. The molecule has 4 nitrogen and oxygen atoms in total. The summed E-state index contributed by atoms with van der Waals surface area (Å²) in [5.41, 5.74) is 1.17. The predicted octanol–water partition coefficient (Wildman–Crippen LogP) is 3.37. The monoisotopic (exact) mass is 340 g/mol. The van der Waals surface area contributed by atoms with E-state index in [2.05, 4.69) is 17.4 Å². The summed E-state index contributed by atoms with van der Waals surface area (Å²) in [5, 5.41) is 3.60. The van der Waals surface area contributed by atoms with Gasteiger partial charge in [-0.1, -0.05) is 54.0 Å². The molecule has 124 valence electrons. The van der Waals surface area contributed by atoms with Crippen LogP contribution in [0.3, 0.4) is 0 Å². The number of aromatic nitrogens is 1. The highest BCUT2D eigenvalue weighted by Gasteiger charge is 2.19. The molecule has 0 fully saturated rings. The van der Waals surface area contributed by atoms with Crippen LogP contribution < -0.4 is 10.9 Å². The first-order valence-corrected chi connectivity index (χ1v) is 8.86. The van der Waals surface area contributed by atoms with Gasteiger partial charge in [0.25, 0.3) is 5.56 Å². The van der Waals surface area contributed by atoms with Crippen molar-refractivity contribution < 1.29 is 4.79 Å². The maximum Gasteiger partial charge on any atom is 0.269 e. The van der Waals surface area contributed by atoms with Crippen LogP contribution in [0.1, 0.15) is 24.9 Å². The van der Waals surface area contributed by atoms with Gasteiger partial charge in [0, 0.05) is 6.54 Å². The molecular weight excluding hydrogens is 320 g/mol. The van der Waals surface area contributed by atoms with Crippen LogP contribution in [0.2, 0.25) is 0 Å². The molecule has 1 heterocycles. The van der Waals surface area contributed by atoms with Crippen molar-refractivity contribution in [3.05, 3.63) is 70.5 Å². The number of aryl methyl sites for hydroxylation is 1. The van der Waals surface area contributed by atoms with Crippen molar-refractivity contribution in [3.8, 4) is 0 Å². The standard InChI is InChI=1S/C19H20N2O2S/c1-14(21-19(23)16-11-5-6-12-17(16)24-21)18(22)20-13-7-10-15-8-3-2-4-9-15/h2-6,8-9,11-12,14H,7,10,13H2,1H3,(H,20,22). The lowest BCUT2D eigenvalue weighted by atomic mass is 10.1. The summed E-state index contributed by atoms with van der Waals surface area (Å²) in [6, 6.07) is 17.2. The summed E-state index contributed by atoms with van der Waals surface area (Å²) < 4.78 is 2.46. The average Bonchev–Trinajstić information content (AvgIpc) is 2.96. The highest BCUT2D eigenvalue weighted by Crippen LogP contribution is 2.19. The lowest BCUT2D eigenvalue weighted by Crippen LogP contribution is -2.34. The van der Waals surface area contributed by atoms with Gasteiger partial charge >= 0.3 is 0 Å². The Bertz CT molecular complexity index is 883. The van der Waals surface area contributed by atoms with Crippen molar-refractivity contribution in [3.63, 3.8) is 0 Å². The first kappa shape index (κ1) is 16.5. The highest BCUT2D eigenvalue weighted by molar-refractivity contribution is 7.14. The second-order valence-electron chi connectivity index (χ2n) is 5.77. The van der Waals surface area contributed by atoms with Gasteiger partial charge in [0.05, 0.1) is 10.1 Å². The molecule has 0 saturated carbocycles. The van der Waals surface area contributed by atoms with E-state index in [9.17, 15) is 9.59 Å². The number of hydrogen-bond donors (Lipinski definition) is 1. The summed E-state index contributed by atoms with van der Waals surface area (Å²) >= 11 is 1.34. The molecule has 0 saturated heterocycles. The Morgan fingerprint density at radius 2 is 1.83 bits per heavy atom. The molecule has 2 aromatic carbocycles. The van der Waals surface area contributed by atoms with Crippen LogP contribution in [-0.2, 0) is 11.2 Å². The zero-order valence-corrected chi connectivity index (χ0v) is 14.4. The van der Waals surface area contributed by atoms with Crippen molar-refractivity contribution in [2.45, 2.75) is 25.8 Å². The maximum atomic E-state index is 12.4. The third kappa shape index (κ3) is 3.57. The quantitative estimate of drug-likeness (QED) is 0.700. The fourth-order valence-corrected chi connectivity index (χ4v) is 3.69. The fourth-order valence-electron chi connectivity index (χ4n) is 2.65. The van der Waals surface area contributed by atoms with E-state index in [1.807, 2.05) is 36.4 Å². The largest absolute Gasteiger partial charge is 0.354 e. The molecule has 0 spiro atoms. The summed E-state index contributed by atoms with van der Waals surface area (Å²) in [6.07, 6.45) is 1.81. The molecule has 0 radical (unpaired) electrons. The molecule has 3 aromatic rings. The number of nitrogens with one attached hydrogen (secondary N) is 1. The SMILES string of the molecule is CC(C(=O)NCCCc1ccccc1)n1sc2ccccc2c1=O. The number of rotatable bonds is 6. The van der Waals surface area contributed by atoms with Gasteiger partial charge < -0.3 is 5.32 Å². The normalized spacial score (nSPS) is 12.2. The third-order valence-electron chi connectivity index (χ3n) is 4.03. The molecule has 1 aromatic heterocycles. The molecule has 0 bridgehead atoms. The second-order valence-corrected chi connectivity index (χ2v) is 6.79. The first-order chi connectivity index (χ1) is 11.7. The highest BCUT2D eigenvalue weighted by atomic mass is 32.1. The van der Waals surface area contributed by atoms with Crippen LogP contribution in [0.15, 0.2) is 59.4 Å². The predicted molar refractivity (Wildman–Crippen MR) is 98.6 cm³/mol. The molecule has 3 rings (SSSR count). The van der Waals surface area contributed by atoms with E-state index >= 15 is 0 Å². The van der Waals surface area contributed by atoms with Crippen molar-refractivity contribution in [1.82, 2.24) is 9.27 Å². The molecule has 1 amide bonds. The lowest BCUT2D eigenvalue weighted by Gasteiger charge is -2.12. The van der Waals surface area contributed by atoms with Crippen LogP contribution in [0.25, 0.3) is 10.1 Å². The Morgan fingerprint density at radius 1 is 1.12 bits per heavy atom. The number of amides is 1. The number of benzene rings is 2. The summed E-state index contributed by atoms with van der Waals surface area (Å²) in [5.74, 6) is -0.114. The molecule has 0 aliphatic heterocycles. The van der Waals surface area contributed by atoms with Crippen LogP contribution in [0.5, 0.6) is 0 Å². The second kappa shape index (κ2) is 7.45. The van der Waals surface area contributed by atoms with Crippen LogP contribution in [0.4, 0.5) is 0 Å². The Kier molecular flexibility index (Phi) is 5.11. The van der Waals surface area contributed by atoms with Gasteiger partial charge in [-0.15, -0.1) is 0 Å². The minimum Gasteiger partial charge on any atom is -0.354 e. The Hall–Kier alpha value is -2.40. The number of fused-ring (bicyclic) bond motifs is 1. The minimum atomic E-state index is -0.494. The van der Waals surface area contributed by atoms with Gasteiger partial charge in [0.2, 0.25) is 5.91 Å². The van der Waals surface area contributed by atoms with Crippen LogP contribution in [-0.4, -0.2) is 16.4 Å². The van der Waals surface area contributed by atoms with Gasteiger partial charge in [-0.25, -0.2) is 0 Å². The zero-order chi connectivity index (χ0) is 16.9. The summed E-state index contributed by atoms with van der Waals surface area (Å²) in [4.78, 5) is 24.7. The number of carbonyl (C=O) groups excluding carboxylic acids is 1. The van der Waals surface area contributed by atoms with E-state index in [0.717, 1.165) is 17.5 Å². The van der Waals surface area contributed by atoms with Gasteiger partial charge in [-0.05, 0) is 37.5 Å². The summed E-state index contributed by atoms with van der Waals surface area (Å²) in [7, 11) is 0. The molecule has 1 unspecified atom stereocenters. The van der Waals surface area contributed by atoms with E-state index in [1.165, 1.54) is 17.1 Å². The molecule has 0 aliphatic rings. The van der Waals surface area contributed by atoms with Crippen molar-refractivity contribution >= 4 is 27.5 Å². The Balaban J connectivity index is 1.58. The Labute approximate surface area is 144 Å². The van der Waals surface area contributed by atoms with E-state index in [0.29, 0.717) is 11.9 Å². The van der Waals surface area contributed by atoms with Gasteiger partial charge in [-0.3, -0.25) is 13.5 Å². The first-order valence-electron chi connectivity index (χ1n) is 8.09. The molecular formula is C19H20N2O2S. The van der Waals surface area contributed by atoms with E-state index in [4.69, 9.17) is 0 Å². The molecule has 24 heavy (non-hydrogen) atoms. The smallest absolute Gasteiger partial charge is 0.269 e. The molecule has 1 N–H and O–H groups in total. The average molecular weight is 340 g/mol. The Morgan fingerprint density at radius 3 is 2.58 bits per heavy atom. The molecule has 1 atom stereocenters. The minimum absolute atomic E-state index is 0.0949. The number of carbonyl (C=O) groups is 1. The zero-order valence-electron chi connectivity index (χ0n) is 13.6. The fraction of sp³-hybridized carbons (Fsp3) is 0.263. The van der Waals surface area contributed by atoms with Gasteiger partial charge in [0.1, 0.15) is 6.04 Å². The van der Waals surface area contributed by atoms with Crippen molar-refractivity contribution in [2.75, 3.05) is 6.54 Å². The lowest BCUT2D eigenvalue weighted by molar-refractivity contribution is -0.123. The van der Waals surface area contributed by atoms with Crippen molar-refractivity contribution in [2.24, 2.45) is 0 Å². The van der Waals surface area contributed by atoms with Crippen molar-refractivity contribution in [1.29, 1.82) is 0 Å². The summed E-state index contributed by atoms with van der Waals surface area (Å²) in [6.45, 7) is 2.38. The van der Waals surface area contributed by atoms with Crippen LogP contribution >= 0.6 is 11.5 Å². The van der Waals surface area contributed by atoms with Gasteiger partial charge in [0.15, 0.2) is 0 Å².